The third kappa shape index (κ3) is 4.25. The zero-order valence-electron chi connectivity index (χ0n) is 11.3. The summed E-state index contributed by atoms with van der Waals surface area (Å²) in [6, 6.07) is 10.1. The maximum atomic E-state index is 12.4. The van der Waals surface area contributed by atoms with Crippen LogP contribution in [-0.2, 0) is 19.9 Å². The first-order valence-corrected chi connectivity index (χ1v) is 8.18. The molecule has 0 aliphatic heterocycles. The minimum atomic E-state index is -4.51. The quantitative estimate of drug-likeness (QED) is 0.767. The van der Waals surface area contributed by atoms with Crippen molar-refractivity contribution >= 4 is 22.2 Å². The molecule has 0 N–H and O–H groups in total. The Bertz CT molecular complexity index is 736. The van der Waals surface area contributed by atoms with Crippen LogP contribution in [0.3, 0.4) is 0 Å². The Morgan fingerprint density at radius 3 is 2.00 bits per heavy atom. The lowest BCUT2D eigenvalue weighted by Crippen LogP contribution is -2.06. The van der Waals surface area contributed by atoms with Gasteiger partial charge in [-0.05, 0) is 43.3 Å². The second-order valence-electron chi connectivity index (χ2n) is 4.44. The summed E-state index contributed by atoms with van der Waals surface area (Å²) < 4.78 is 65.9. The van der Waals surface area contributed by atoms with Crippen molar-refractivity contribution in [3.8, 4) is 0 Å². The molecular weight excluding hydrogens is 337 g/mol. The van der Waals surface area contributed by atoms with Crippen LogP contribution in [0.25, 0.3) is 0 Å². The van der Waals surface area contributed by atoms with Crippen molar-refractivity contribution in [3.05, 3.63) is 59.7 Å². The number of benzene rings is 2. The summed E-state index contributed by atoms with van der Waals surface area (Å²) in [5.74, 6) is 0. The maximum absolute atomic E-state index is 12.4. The number of hydrogen-bond acceptors (Lipinski definition) is 4. The van der Waals surface area contributed by atoms with Gasteiger partial charge in [-0.2, -0.15) is 25.2 Å². The van der Waals surface area contributed by atoms with E-state index in [-0.39, 0.29) is 4.90 Å². The van der Waals surface area contributed by atoms with Crippen LogP contribution >= 0.6 is 12.0 Å². The number of halogens is 3. The molecule has 3 nitrogen and oxygen atoms in total. The van der Waals surface area contributed by atoms with Gasteiger partial charge in [0.15, 0.2) is 0 Å². The van der Waals surface area contributed by atoms with E-state index in [1.165, 1.54) is 0 Å². The largest absolute Gasteiger partial charge is 0.416 e. The molecule has 0 fully saturated rings. The van der Waals surface area contributed by atoms with Gasteiger partial charge in [-0.1, -0.05) is 17.7 Å². The molecule has 22 heavy (non-hydrogen) atoms. The molecule has 0 atom stereocenters. The zero-order chi connectivity index (χ0) is 16.4. The topological polar surface area (TPSA) is 43.4 Å². The molecular formula is C14H11F3O3S2. The highest BCUT2D eigenvalue weighted by Crippen LogP contribution is 2.31. The lowest BCUT2D eigenvalue weighted by molar-refractivity contribution is -0.137. The minimum Gasteiger partial charge on any atom is -0.193 e. The molecule has 0 bridgehead atoms. The van der Waals surface area contributed by atoms with E-state index in [2.05, 4.69) is 0 Å². The van der Waals surface area contributed by atoms with Crippen molar-refractivity contribution in [2.45, 2.75) is 22.9 Å². The van der Waals surface area contributed by atoms with E-state index in [9.17, 15) is 21.6 Å². The van der Waals surface area contributed by atoms with E-state index < -0.39 is 21.9 Å². The molecule has 0 radical (unpaired) electrons. The fourth-order valence-corrected chi connectivity index (χ4v) is 3.23. The average Bonchev–Trinajstić information content (AvgIpc) is 2.46. The first-order chi connectivity index (χ1) is 10.2. The molecule has 0 unspecified atom stereocenters. The Hall–Kier alpha value is -1.51. The zero-order valence-corrected chi connectivity index (χ0v) is 12.9. The van der Waals surface area contributed by atoms with Crippen molar-refractivity contribution in [2.75, 3.05) is 0 Å². The molecule has 0 aliphatic carbocycles. The fraction of sp³-hybridized carbons (Fsp3) is 0.143. The van der Waals surface area contributed by atoms with Crippen LogP contribution in [0.5, 0.6) is 0 Å². The van der Waals surface area contributed by atoms with E-state index in [4.69, 9.17) is 3.63 Å². The van der Waals surface area contributed by atoms with Gasteiger partial charge in [0, 0.05) is 16.9 Å². The predicted molar refractivity (Wildman–Crippen MR) is 76.8 cm³/mol. The second kappa shape index (κ2) is 6.31. The molecule has 2 aromatic rings. The standard InChI is InChI=1S/C14H11F3O3S2/c1-10-2-6-12(7-3-10)21-20-22(18,19)13-8-4-11(5-9-13)14(15,16)17/h2-9H,1H3. The molecule has 0 aliphatic rings. The summed E-state index contributed by atoms with van der Waals surface area (Å²) in [7, 11) is -4.14. The van der Waals surface area contributed by atoms with Crippen LogP contribution in [0.2, 0.25) is 0 Å². The monoisotopic (exact) mass is 348 g/mol. The van der Waals surface area contributed by atoms with Gasteiger partial charge in [0.25, 0.3) is 0 Å². The van der Waals surface area contributed by atoms with Gasteiger partial charge >= 0.3 is 16.3 Å². The lowest BCUT2D eigenvalue weighted by atomic mass is 10.2. The molecule has 0 saturated carbocycles. The molecule has 2 aromatic carbocycles. The molecule has 0 spiro atoms. The van der Waals surface area contributed by atoms with Gasteiger partial charge in [0.1, 0.15) is 0 Å². The summed E-state index contributed by atoms with van der Waals surface area (Å²) >= 11 is 0.630. The Labute approximate surface area is 130 Å². The van der Waals surface area contributed by atoms with Gasteiger partial charge in [0.2, 0.25) is 0 Å². The Morgan fingerprint density at radius 2 is 1.50 bits per heavy atom. The first-order valence-electron chi connectivity index (χ1n) is 6.03. The van der Waals surface area contributed by atoms with Crippen molar-refractivity contribution in [2.24, 2.45) is 0 Å². The van der Waals surface area contributed by atoms with E-state index >= 15 is 0 Å². The van der Waals surface area contributed by atoms with Crippen molar-refractivity contribution in [1.29, 1.82) is 0 Å². The Morgan fingerprint density at radius 1 is 0.955 bits per heavy atom. The smallest absolute Gasteiger partial charge is 0.193 e. The number of rotatable bonds is 4. The molecule has 8 heteroatoms. The molecule has 0 saturated heterocycles. The average molecular weight is 348 g/mol. The van der Waals surface area contributed by atoms with E-state index in [1.54, 1.807) is 24.3 Å². The summed E-state index contributed by atoms with van der Waals surface area (Å²) in [5.41, 5.74) is 0.0904. The van der Waals surface area contributed by atoms with Crippen LogP contribution < -0.4 is 0 Å². The number of aryl methyl sites for hydroxylation is 1. The SMILES string of the molecule is Cc1ccc(SOS(=O)(=O)c2ccc(C(F)(F)F)cc2)cc1. The molecule has 0 amide bonds. The second-order valence-corrected chi connectivity index (χ2v) is 7.00. The molecule has 0 heterocycles. The molecule has 0 aromatic heterocycles. The van der Waals surface area contributed by atoms with Crippen LogP contribution in [0.15, 0.2) is 58.3 Å². The minimum absolute atomic E-state index is 0.333. The van der Waals surface area contributed by atoms with E-state index in [1.807, 2.05) is 6.92 Å². The highest BCUT2D eigenvalue weighted by molar-refractivity contribution is 8.04. The van der Waals surface area contributed by atoms with Crippen LogP contribution in [0.4, 0.5) is 13.2 Å². The maximum Gasteiger partial charge on any atom is 0.416 e. The molecule has 2 rings (SSSR count). The number of alkyl halides is 3. The van der Waals surface area contributed by atoms with E-state index in [0.29, 0.717) is 29.1 Å². The number of hydrogen-bond donors (Lipinski definition) is 0. The van der Waals surface area contributed by atoms with Crippen molar-refractivity contribution in [1.82, 2.24) is 0 Å². The third-order valence-corrected chi connectivity index (χ3v) is 5.01. The van der Waals surface area contributed by atoms with Gasteiger partial charge in [-0.15, -0.1) is 0 Å². The normalized spacial score (nSPS) is 12.4. The Kier molecular flexibility index (Phi) is 4.84. The van der Waals surface area contributed by atoms with Crippen molar-refractivity contribution in [3.63, 3.8) is 0 Å². The fourth-order valence-electron chi connectivity index (χ4n) is 1.53. The van der Waals surface area contributed by atoms with Gasteiger partial charge in [-0.3, -0.25) is 0 Å². The van der Waals surface area contributed by atoms with E-state index in [0.717, 1.165) is 17.7 Å². The van der Waals surface area contributed by atoms with Gasteiger partial charge in [-0.25, -0.2) is 0 Å². The van der Waals surface area contributed by atoms with Crippen LogP contribution in [-0.4, -0.2) is 8.42 Å². The first kappa shape index (κ1) is 16.9. The summed E-state index contributed by atoms with van der Waals surface area (Å²) in [4.78, 5) is 0.237. The summed E-state index contributed by atoms with van der Waals surface area (Å²) in [5, 5.41) is 0. The summed E-state index contributed by atoms with van der Waals surface area (Å²) in [6.45, 7) is 1.88. The Balaban J connectivity index is 2.11. The lowest BCUT2D eigenvalue weighted by Gasteiger charge is -2.08. The highest BCUT2D eigenvalue weighted by Gasteiger charge is 2.30. The van der Waals surface area contributed by atoms with Crippen LogP contribution in [0, 0.1) is 6.92 Å². The third-order valence-electron chi connectivity index (χ3n) is 2.71. The van der Waals surface area contributed by atoms with Gasteiger partial charge < -0.3 is 0 Å². The van der Waals surface area contributed by atoms with Crippen LogP contribution in [0.1, 0.15) is 11.1 Å². The van der Waals surface area contributed by atoms with Crippen molar-refractivity contribution < 1.29 is 25.2 Å². The highest BCUT2D eigenvalue weighted by atomic mass is 32.3. The van der Waals surface area contributed by atoms with Gasteiger partial charge in [0.05, 0.1) is 10.5 Å². The summed E-state index contributed by atoms with van der Waals surface area (Å²) in [6.07, 6.45) is -4.51. The molecule has 118 valence electrons. The predicted octanol–water partition coefficient (Wildman–Crippen LogP) is 4.43.